The molecule has 0 radical (unpaired) electrons. The van der Waals surface area contributed by atoms with E-state index in [4.69, 9.17) is 10.5 Å². The van der Waals surface area contributed by atoms with E-state index in [1.807, 2.05) is 4.90 Å². The summed E-state index contributed by atoms with van der Waals surface area (Å²) in [5, 5.41) is 3.11. The van der Waals surface area contributed by atoms with Crippen LogP contribution in [0, 0.1) is 5.92 Å². The summed E-state index contributed by atoms with van der Waals surface area (Å²) in [5.41, 5.74) is 6.16. The van der Waals surface area contributed by atoms with Crippen LogP contribution in [-0.4, -0.2) is 91.6 Å². The van der Waals surface area contributed by atoms with Gasteiger partial charge in [0.2, 0.25) is 5.88 Å². The number of amides is 3. The Kier molecular flexibility index (Phi) is 7.99. The number of nitrogen functional groups attached to an aromatic ring is 1. The predicted molar refractivity (Wildman–Crippen MR) is 123 cm³/mol. The van der Waals surface area contributed by atoms with E-state index in [9.17, 15) is 9.59 Å². The number of aromatic nitrogens is 1. The number of nitrogens with one attached hydrogen (secondary N) is 1. The van der Waals surface area contributed by atoms with Crippen LogP contribution in [0.1, 0.15) is 36.0 Å². The van der Waals surface area contributed by atoms with Gasteiger partial charge in [-0.25, -0.2) is 4.79 Å². The summed E-state index contributed by atoms with van der Waals surface area (Å²) in [7, 11) is 5.08. The van der Waals surface area contributed by atoms with Gasteiger partial charge >= 0.3 is 6.03 Å². The minimum Gasteiger partial charge on any atom is -0.480 e. The number of anilines is 1. The summed E-state index contributed by atoms with van der Waals surface area (Å²) in [6.45, 7) is 4.65. The first-order valence-electron chi connectivity index (χ1n) is 10.8. The molecule has 2 saturated heterocycles. The maximum atomic E-state index is 12.7. The highest BCUT2D eigenvalue weighted by Crippen LogP contribution is 2.26. The Balaban J connectivity index is 1.44. The van der Waals surface area contributed by atoms with E-state index in [2.05, 4.69) is 31.1 Å². The van der Waals surface area contributed by atoms with E-state index in [0.29, 0.717) is 21.8 Å². The van der Waals surface area contributed by atoms with Crippen molar-refractivity contribution in [3.8, 4) is 5.88 Å². The lowest BCUT2D eigenvalue weighted by Crippen LogP contribution is -2.48. The number of likely N-dealkylation sites (tertiary alicyclic amines) is 2. The number of carbonyl (C=O) groups excluding carboxylic acids is 2. The van der Waals surface area contributed by atoms with Crippen LogP contribution in [0.4, 0.5) is 10.6 Å². The first-order chi connectivity index (χ1) is 14.8. The van der Waals surface area contributed by atoms with Crippen molar-refractivity contribution in [2.24, 2.45) is 5.92 Å². The summed E-state index contributed by atoms with van der Waals surface area (Å²) in [4.78, 5) is 35.0. The van der Waals surface area contributed by atoms with Crippen molar-refractivity contribution in [3.63, 3.8) is 0 Å². The maximum Gasteiger partial charge on any atom is 0.319 e. The van der Waals surface area contributed by atoms with Crippen molar-refractivity contribution in [1.29, 1.82) is 0 Å². The molecule has 0 aliphatic carbocycles. The smallest absolute Gasteiger partial charge is 0.319 e. The Morgan fingerprint density at radius 2 is 1.87 bits per heavy atom. The summed E-state index contributed by atoms with van der Waals surface area (Å²) in [6.07, 6.45) is 3.93. The third-order valence-corrected chi connectivity index (χ3v) is 6.75. The number of carbonyl (C=O) groups is 2. The molecule has 3 amide bonds. The van der Waals surface area contributed by atoms with Crippen LogP contribution in [0.25, 0.3) is 0 Å². The zero-order chi connectivity index (χ0) is 22.5. The number of nitrogens with two attached hydrogens (primary N) is 1. The fraction of sp³-hybridized carbons (Fsp3) is 0.667. The van der Waals surface area contributed by atoms with E-state index in [-0.39, 0.29) is 23.9 Å². The Labute approximate surface area is 192 Å². The van der Waals surface area contributed by atoms with Gasteiger partial charge in [-0.1, -0.05) is 0 Å². The van der Waals surface area contributed by atoms with Crippen molar-refractivity contribution in [2.45, 2.75) is 31.7 Å². The molecule has 172 valence electrons. The molecule has 2 aliphatic heterocycles. The third-order valence-electron chi connectivity index (χ3n) is 6.11. The Morgan fingerprint density at radius 3 is 2.45 bits per heavy atom. The van der Waals surface area contributed by atoms with Crippen LogP contribution in [0.5, 0.6) is 5.88 Å². The molecule has 0 saturated carbocycles. The zero-order valence-electron chi connectivity index (χ0n) is 18.6. The van der Waals surface area contributed by atoms with E-state index >= 15 is 0 Å². The number of hydrogen-bond donors (Lipinski definition) is 2. The minimum absolute atomic E-state index is 0.106. The van der Waals surface area contributed by atoms with Gasteiger partial charge in [0.05, 0.1) is 11.6 Å². The van der Waals surface area contributed by atoms with Gasteiger partial charge in [0.1, 0.15) is 11.4 Å². The number of methoxy groups -OCH3 is 1. The number of nitrogens with zero attached hydrogens (tertiary/aromatic N) is 4. The molecule has 9 nitrogen and oxygen atoms in total. The molecule has 0 spiro atoms. The van der Waals surface area contributed by atoms with E-state index in [1.165, 1.54) is 7.11 Å². The first-order valence-corrected chi connectivity index (χ1v) is 11.6. The Bertz CT molecular complexity index is 790. The zero-order valence-corrected chi connectivity index (χ0v) is 20.2. The highest BCUT2D eigenvalue weighted by atomic mass is 79.9. The fourth-order valence-electron chi connectivity index (χ4n) is 4.28. The summed E-state index contributed by atoms with van der Waals surface area (Å²) >= 11 is 3.32. The monoisotopic (exact) mass is 496 g/mol. The van der Waals surface area contributed by atoms with Crippen molar-refractivity contribution in [2.75, 3.05) is 59.7 Å². The van der Waals surface area contributed by atoms with Crippen molar-refractivity contribution >= 4 is 33.7 Å². The molecule has 31 heavy (non-hydrogen) atoms. The van der Waals surface area contributed by atoms with E-state index < -0.39 is 0 Å². The molecule has 10 heteroatoms. The van der Waals surface area contributed by atoms with Gasteiger partial charge in [-0.3, -0.25) is 4.79 Å². The number of pyridine rings is 1. The van der Waals surface area contributed by atoms with Crippen LogP contribution < -0.4 is 15.8 Å². The number of hydrogen-bond acceptors (Lipinski definition) is 6. The quantitative estimate of drug-likeness (QED) is 0.645. The second-order valence-electron chi connectivity index (χ2n) is 8.57. The molecule has 0 aromatic carbocycles. The number of piperidine rings is 2. The second kappa shape index (κ2) is 10.5. The summed E-state index contributed by atoms with van der Waals surface area (Å²) < 4.78 is 5.80. The van der Waals surface area contributed by atoms with Crippen molar-refractivity contribution < 1.29 is 14.3 Å². The van der Waals surface area contributed by atoms with Gasteiger partial charge in [-0.05, 0) is 53.6 Å². The summed E-state index contributed by atoms with van der Waals surface area (Å²) in [6, 6.07) is 1.89. The average molecular weight is 497 g/mol. The number of ether oxygens (including phenoxy) is 1. The topological polar surface area (TPSA) is 104 Å². The lowest BCUT2D eigenvalue weighted by Gasteiger charge is -2.38. The molecule has 0 atom stereocenters. The van der Waals surface area contributed by atoms with Gasteiger partial charge in [-0.15, -0.1) is 0 Å². The molecular weight excluding hydrogens is 464 g/mol. The molecular formula is C21H33BrN6O3. The van der Waals surface area contributed by atoms with Gasteiger partial charge in [0.25, 0.3) is 5.91 Å². The van der Waals surface area contributed by atoms with Gasteiger partial charge in [-0.2, -0.15) is 4.98 Å². The van der Waals surface area contributed by atoms with E-state index in [1.54, 1.807) is 25.1 Å². The standard InChI is InChI=1S/C21H33BrN6O3/c1-26(2)21(30)28-10-4-14(5-11-28)13-27-8-6-15(7-9-27)24-19(29)16-12-17(22)18(23)25-20(16)31-3/h12,14-15H,4-11,13H2,1-3H3,(H2,23,25)(H,24,29). The molecule has 2 aliphatic rings. The van der Waals surface area contributed by atoms with Crippen LogP contribution in [-0.2, 0) is 0 Å². The first kappa shape index (κ1) is 23.6. The number of urea groups is 1. The third kappa shape index (κ3) is 6.00. The van der Waals surface area contributed by atoms with Gasteiger partial charge in [0.15, 0.2) is 0 Å². The molecule has 3 heterocycles. The fourth-order valence-corrected chi connectivity index (χ4v) is 4.60. The highest BCUT2D eigenvalue weighted by Gasteiger charge is 2.28. The largest absolute Gasteiger partial charge is 0.480 e. The lowest BCUT2D eigenvalue weighted by atomic mass is 9.95. The molecule has 0 unspecified atom stereocenters. The molecule has 1 aromatic heterocycles. The Morgan fingerprint density at radius 1 is 1.23 bits per heavy atom. The number of halogens is 1. The molecule has 3 rings (SSSR count). The normalized spacial score (nSPS) is 18.6. The average Bonchev–Trinajstić information content (AvgIpc) is 2.76. The lowest BCUT2D eigenvalue weighted by molar-refractivity contribution is 0.0887. The molecule has 0 bridgehead atoms. The number of rotatable bonds is 5. The minimum atomic E-state index is -0.193. The van der Waals surface area contributed by atoms with Crippen LogP contribution in [0.15, 0.2) is 10.5 Å². The highest BCUT2D eigenvalue weighted by molar-refractivity contribution is 9.10. The molecule has 2 fully saturated rings. The van der Waals surface area contributed by atoms with Crippen LogP contribution in [0.3, 0.4) is 0 Å². The van der Waals surface area contributed by atoms with Crippen molar-refractivity contribution in [3.05, 3.63) is 16.1 Å². The van der Waals surface area contributed by atoms with Crippen LogP contribution in [0.2, 0.25) is 0 Å². The van der Waals surface area contributed by atoms with Crippen LogP contribution >= 0.6 is 15.9 Å². The maximum absolute atomic E-state index is 12.7. The van der Waals surface area contributed by atoms with Gasteiger partial charge < -0.3 is 30.5 Å². The second-order valence-corrected chi connectivity index (χ2v) is 9.42. The molecule has 3 N–H and O–H groups in total. The van der Waals surface area contributed by atoms with Crippen molar-refractivity contribution in [1.82, 2.24) is 25.0 Å². The molecule has 1 aromatic rings. The SMILES string of the molecule is COc1nc(N)c(Br)cc1C(=O)NC1CCN(CC2CCN(C(=O)N(C)C)CC2)CC1. The Hall–Kier alpha value is -2.07. The predicted octanol–water partition coefficient (Wildman–Crippen LogP) is 2.02. The summed E-state index contributed by atoms with van der Waals surface area (Å²) in [5.74, 6) is 0.953. The van der Waals surface area contributed by atoms with Gasteiger partial charge in [0, 0.05) is 52.9 Å². The van der Waals surface area contributed by atoms with E-state index in [0.717, 1.165) is 58.4 Å².